The minimum absolute atomic E-state index is 0.279. The van der Waals surface area contributed by atoms with Crippen LogP contribution in [0.15, 0.2) is 103 Å². The SMILES string of the molecule is CC(C)c1ccc([C@@H]2c3[nH]c4ccccc4c3C[C@H]3C(=O)N(c4ccccc4C(=O)NCc4ccccc4)C(=O)N23)cc1. The average molecular weight is 569 g/mol. The molecule has 0 saturated carbocycles. The first-order valence-corrected chi connectivity index (χ1v) is 14.7. The quantitative estimate of drug-likeness (QED) is 0.224. The molecule has 7 rings (SSSR count). The highest BCUT2D eigenvalue weighted by Gasteiger charge is 2.53. The van der Waals surface area contributed by atoms with Crippen LogP contribution in [0.25, 0.3) is 10.9 Å². The maximum atomic E-state index is 14.4. The second-order valence-corrected chi connectivity index (χ2v) is 11.6. The molecule has 0 radical (unpaired) electrons. The van der Waals surface area contributed by atoms with E-state index in [0.29, 0.717) is 24.6 Å². The molecule has 0 spiro atoms. The molecule has 3 heterocycles. The van der Waals surface area contributed by atoms with E-state index in [1.807, 2.05) is 48.5 Å². The van der Waals surface area contributed by atoms with Crippen molar-refractivity contribution in [1.29, 1.82) is 0 Å². The lowest BCUT2D eigenvalue weighted by Crippen LogP contribution is -2.44. The van der Waals surface area contributed by atoms with Crippen molar-refractivity contribution in [2.45, 2.75) is 44.8 Å². The molecule has 4 amide bonds. The van der Waals surface area contributed by atoms with Gasteiger partial charge >= 0.3 is 6.03 Å². The molecule has 4 aromatic carbocycles. The molecule has 1 fully saturated rings. The zero-order valence-corrected chi connectivity index (χ0v) is 24.1. The van der Waals surface area contributed by atoms with Gasteiger partial charge in [0.05, 0.1) is 11.3 Å². The van der Waals surface area contributed by atoms with Gasteiger partial charge in [-0.2, -0.15) is 0 Å². The molecule has 0 aliphatic carbocycles. The Kier molecular flexibility index (Phi) is 6.58. The first kappa shape index (κ1) is 26.7. The molecule has 2 aliphatic rings. The van der Waals surface area contributed by atoms with E-state index in [2.05, 4.69) is 54.5 Å². The van der Waals surface area contributed by atoms with Crippen LogP contribution in [0.2, 0.25) is 0 Å². The molecule has 1 saturated heterocycles. The van der Waals surface area contributed by atoms with Crippen LogP contribution in [0.3, 0.4) is 0 Å². The second-order valence-electron chi connectivity index (χ2n) is 11.6. The molecule has 2 aliphatic heterocycles. The lowest BCUT2D eigenvalue weighted by molar-refractivity contribution is -0.120. The Hall–Kier alpha value is -5.17. The van der Waals surface area contributed by atoms with Gasteiger partial charge in [-0.25, -0.2) is 9.69 Å². The molecule has 0 bridgehead atoms. The largest absolute Gasteiger partial charge is 0.356 e. The Morgan fingerprint density at radius 2 is 1.58 bits per heavy atom. The molecule has 1 aromatic heterocycles. The number of anilines is 1. The summed E-state index contributed by atoms with van der Waals surface area (Å²) in [5, 5.41) is 4.00. The van der Waals surface area contributed by atoms with E-state index in [9.17, 15) is 14.4 Å². The van der Waals surface area contributed by atoms with Crippen molar-refractivity contribution in [3.63, 3.8) is 0 Å². The number of carbonyl (C=O) groups is 3. The number of benzene rings is 4. The highest BCUT2D eigenvalue weighted by Crippen LogP contribution is 2.45. The third kappa shape index (κ3) is 4.48. The maximum absolute atomic E-state index is 14.4. The van der Waals surface area contributed by atoms with Gasteiger partial charge in [-0.15, -0.1) is 0 Å². The molecule has 5 aromatic rings. The Labute approximate surface area is 250 Å². The number of H-pyrrole nitrogens is 1. The highest BCUT2D eigenvalue weighted by atomic mass is 16.2. The van der Waals surface area contributed by atoms with Gasteiger partial charge in [0, 0.05) is 29.6 Å². The Morgan fingerprint density at radius 3 is 2.35 bits per heavy atom. The number of nitrogens with one attached hydrogen (secondary N) is 2. The van der Waals surface area contributed by atoms with E-state index >= 15 is 0 Å². The summed E-state index contributed by atoms with van der Waals surface area (Å²) >= 11 is 0. The van der Waals surface area contributed by atoms with Crippen molar-refractivity contribution in [2.24, 2.45) is 0 Å². The first-order valence-electron chi connectivity index (χ1n) is 14.7. The van der Waals surface area contributed by atoms with Crippen molar-refractivity contribution in [1.82, 2.24) is 15.2 Å². The summed E-state index contributed by atoms with van der Waals surface area (Å²) in [6.45, 7) is 4.63. The molecule has 214 valence electrons. The smallest absolute Gasteiger partial charge is 0.332 e. The summed E-state index contributed by atoms with van der Waals surface area (Å²) in [6, 6.07) is 31.2. The Morgan fingerprint density at radius 1 is 0.884 bits per heavy atom. The van der Waals surface area contributed by atoms with Crippen LogP contribution in [0, 0.1) is 0 Å². The fourth-order valence-corrected chi connectivity index (χ4v) is 6.44. The lowest BCUT2D eigenvalue weighted by atomic mass is 9.88. The summed E-state index contributed by atoms with van der Waals surface area (Å²) < 4.78 is 0. The summed E-state index contributed by atoms with van der Waals surface area (Å²) in [5.41, 5.74) is 6.61. The predicted molar refractivity (Wildman–Crippen MR) is 167 cm³/mol. The van der Waals surface area contributed by atoms with E-state index in [1.54, 1.807) is 29.2 Å². The van der Waals surface area contributed by atoms with Crippen molar-refractivity contribution in [3.05, 3.63) is 137 Å². The molecule has 43 heavy (non-hydrogen) atoms. The normalized spacial score (nSPS) is 17.8. The van der Waals surface area contributed by atoms with Gasteiger partial charge in [-0.1, -0.05) is 98.8 Å². The van der Waals surface area contributed by atoms with Crippen molar-refractivity contribution in [2.75, 3.05) is 4.90 Å². The molecule has 0 unspecified atom stereocenters. The van der Waals surface area contributed by atoms with Crippen LogP contribution in [0.1, 0.15) is 64.1 Å². The van der Waals surface area contributed by atoms with Crippen LogP contribution in [0.4, 0.5) is 10.5 Å². The third-order valence-corrected chi connectivity index (χ3v) is 8.65. The number of fused-ring (bicyclic) bond motifs is 4. The van der Waals surface area contributed by atoms with Gasteiger partial charge in [-0.3, -0.25) is 14.5 Å². The monoisotopic (exact) mass is 568 g/mol. The molecule has 2 N–H and O–H groups in total. The zero-order valence-electron chi connectivity index (χ0n) is 24.1. The number of imide groups is 1. The highest BCUT2D eigenvalue weighted by molar-refractivity contribution is 6.24. The summed E-state index contributed by atoms with van der Waals surface area (Å²) in [4.78, 5) is 48.5. The Balaban J connectivity index is 1.29. The molecule has 7 nitrogen and oxygen atoms in total. The van der Waals surface area contributed by atoms with Crippen LogP contribution in [0.5, 0.6) is 0 Å². The third-order valence-electron chi connectivity index (χ3n) is 8.65. The predicted octanol–water partition coefficient (Wildman–Crippen LogP) is 6.70. The first-order chi connectivity index (χ1) is 20.9. The van der Waals surface area contributed by atoms with Crippen LogP contribution >= 0.6 is 0 Å². The van der Waals surface area contributed by atoms with E-state index in [4.69, 9.17) is 0 Å². The van der Waals surface area contributed by atoms with Crippen molar-refractivity contribution in [3.8, 4) is 0 Å². The van der Waals surface area contributed by atoms with E-state index in [0.717, 1.165) is 33.3 Å². The number of aromatic nitrogens is 1. The number of amides is 4. The molecule has 7 heteroatoms. The standard InChI is InChI=1S/C36H32N4O3/c1-22(2)24-16-18-25(19-17-24)33-32-28(26-12-6-8-14-29(26)38-32)20-31-35(42)40(36(43)39(31)33)30-15-9-7-13-27(30)34(41)37-21-23-10-4-3-5-11-23/h3-19,22,31,33,38H,20-21H2,1-2H3,(H,37,41)/t31-,33+/m0/s1. The lowest BCUT2D eigenvalue weighted by Gasteiger charge is -2.36. The summed E-state index contributed by atoms with van der Waals surface area (Å²) in [7, 11) is 0. The van der Waals surface area contributed by atoms with Crippen LogP contribution < -0.4 is 10.2 Å². The molecular formula is C36H32N4O3. The number of aromatic amines is 1. The average Bonchev–Trinajstić information content (AvgIpc) is 3.53. The van der Waals surface area contributed by atoms with Crippen molar-refractivity contribution < 1.29 is 14.4 Å². The minimum atomic E-state index is -0.700. The van der Waals surface area contributed by atoms with Gasteiger partial charge in [0.25, 0.3) is 11.8 Å². The van der Waals surface area contributed by atoms with Gasteiger partial charge in [0.1, 0.15) is 12.1 Å². The van der Waals surface area contributed by atoms with Crippen molar-refractivity contribution >= 4 is 34.4 Å². The number of hydrogen-bond acceptors (Lipinski definition) is 3. The number of para-hydroxylation sites is 2. The Bertz CT molecular complexity index is 1860. The number of urea groups is 1. The van der Waals surface area contributed by atoms with Gasteiger partial charge in [-0.05, 0) is 46.4 Å². The topological polar surface area (TPSA) is 85.5 Å². The number of hydrogen-bond donors (Lipinski definition) is 2. The molecule has 2 atom stereocenters. The van der Waals surface area contributed by atoms with Gasteiger partial charge < -0.3 is 10.3 Å². The van der Waals surface area contributed by atoms with Crippen LogP contribution in [-0.4, -0.2) is 33.8 Å². The molecular weight excluding hydrogens is 536 g/mol. The fourth-order valence-electron chi connectivity index (χ4n) is 6.44. The number of nitrogens with zero attached hydrogens (tertiary/aromatic N) is 2. The fraction of sp³-hybridized carbons (Fsp3) is 0.194. The maximum Gasteiger partial charge on any atom is 0.332 e. The minimum Gasteiger partial charge on any atom is -0.356 e. The van der Waals surface area contributed by atoms with Gasteiger partial charge in [0.2, 0.25) is 0 Å². The van der Waals surface area contributed by atoms with E-state index in [1.165, 1.54) is 10.5 Å². The van der Waals surface area contributed by atoms with E-state index in [-0.39, 0.29) is 17.4 Å². The summed E-state index contributed by atoms with van der Waals surface area (Å²) in [5.74, 6) is -0.304. The summed E-state index contributed by atoms with van der Waals surface area (Å²) in [6.07, 6.45) is 0.392. The van der Waals surface area contributed by atoms with Gasteiger partial charge in [0.15, 0.2) is 0 Å². The second kappa shape index (κ2) is 10.6. The van der Waals surface area contributed by atoms with Crippen LogP contribution in [-0.2, 0) is 17.8 Å². The number of rotatable bonds is 6. The van der Waals surface area contributed by atoms with E-state index < -0.39 is 18.1 Å². The number of carbonyl (C=O) groups excluding carboxylic acids is 3. The zero-order chi connectivity index (χ0) is 29.7.